The second kappa shape index (κ2) is 7.55. The Morgan fingerprint density at radius 1 is 1.06 bits per heavy atom. The fraction of sp³-hybridized carbons (Fsp3) is 0.200. The van der Waals surface area contributed by atoms with Crippen molar-refractivity contribution in [3.63, 3.8) is 0 Å². The number of sulfone groups is 1. The Hall–Kier alpha value is -3.54. The molecule has 0 fully saturated rings. The highest BCUT2D eigenvalue weighted by Crippen LogP contribution is 2.31. The summed E-state index contributed by atoms with van der Waals surface area (Å²) in [5.41, 5.74) is -0.887. The molecule has 32 heavy (non-hydrogen) atoms. The van der Waals surface area contributed by atoms with E-state index in [2.05, 4.69) is 15.2 Å². The maximum Gasteiger partial charge on any atom is 0.416 e. The van der Waals surface area contributed by atoms with Crippen LogP contribution in [0.3, 0.4) is 0 Å². The van der Waals surface area contributed by atoms with Crippen LogP contribution in [0.5, 0.6) is 0 Å². The van der Waals surface area contributed by atoms with Crippen LogP contribution in [0, 0.1) is 0 Å². The number of halogens is 3. The van der Waals surface area contributed by atoms with E-state index in [0.717, 1.165) is 12.1 Å². The highest BCUT2D eigenvalue weighted by atomic mass is 32.2. The first kappa shape index (κ1) is 21.7. The van der Waals surface area contributed by atoms with E-state index in [4.69, 9.17) is 0 Å². The van der Waals surface area contributed by atoms with E-state index < -0.39 is 27.1 Å². The van der Waals surface area contributed by atoms with Crippen molar-refractivity contribution in [1.82, 2.24) is 24.5 Å². The van der Waals surface area contributed by atoms with Gasteiger partial charge in [-0.25, -0.2) is 13.4 Å². The molecule has 3 heterocycles. The molecule has 0 radical (unpaired) electrons. The van der Waals surface area contributed by atoms with Gasteiger partial charge in [-0.2, -0.15) is 28.1 Å². The van der Waals surface area contributed by atoms with Crippen molar-refractivity contribution < 1.29 is 21.6 Å². The quantitative estimate of drug-likeness (QED) is 0.461. The molecular formula is C20H16F3N5O3S. The number of benzene rings is 1. The van der Waals surface area contributed by atoms with E-state index in [9.17, 15) is 26.4 Å². The van der Waals surface area contributed by atoms with Gasteiger partial charge in [0.15, 0.2) is 15.7 Å². The highest BCUT2D eigenvalue weighted by Gasteiger charge is 2.31. The van der Waals surface area contributed by atoms with Gasteiger partial charge in [-0.15, -0.1) is 0 Å². The smallest absolute Gasteiger partial charge is 0.268 e. The van der Waals surface area contributed by atoms with Crippen LogP contribution in [0.2, 0.25) is 0 Å². The van der Waals surface area contributed by atoms with Gasteiger partial charge in [-0.3, -0.25) is 9.48 Å². The van der Waals surface area contributed by atoms with E-state index >= 15 is 0 Å². The number of rotatable bonds is 4. The van der Waals surface area contributed by atoms with Gasteiger partial charge in [0.05, 0.1) is 28.6 Å². The van der Waals surface area contributed by atoms with Crippen LogP contribution >= 0.6 is 0 Å². The van der Waals surface area contributed by atoms with Crippen molar-refractivity contribution in [1.29, 1.82) is 0 Å². The van der Waals surface area contributed by atoms with Crippen molar-refractivity contribution in [2.75, 3.05) is 5.75 Å². The minimum Gasteiger partial charge on any atom is -0.268 e. The molecule has 3 aromatic heterocycles. The third-order valence-electron chi connectivity index (χ3n) is 4.98. The molecule has 0 spiro atoms. The summed E-state index contributed by atoms with van der Waals surface area (Å²) in [5, 5.41) is 7.94. The van der Waals surface area contributed by atoms with Gasteiger partial charge < -0.3 is 0 Å². The Bertz CT molecular complexity index is 1510. The Labute approximate surface area is 179 Å². The lowest BCUT2D eigenvalue weighted by Crippen LogP contribution is -2.25. The third-order valence-corrected chi connectivity index (χ3v) is 6.71. The molecule has 8 nitrogen and oxygen atoms in total. The van der Waals surface area contributed by atoms with Crippen LogP contribution in [0.4, 0.5) is 13.2 Å². The summed E-state index contributed by atoms with van der Waals surface area (Å²) in [4.78, 5) is 16.9. The minimum atomic E-state index is -4.64. The number of aryl methyl sites for hydroxylation is 1. The lowest BCUT2D eigenvalue weighted by atomic mass is 10.1. The second-order valence-corrected chi connectivity index (χ2v) is 9.20. The molecule has 0 atom stereocenters. The zero-order valence-electron chi connectivity index (χ0n) is 16.8. The number of hydrogen-bond acceptors (Lipinski definition) is 6. The van der Waals surface area contributed by atoms with E-state index in [1.165, 1.54) is 36.3 Å². The molecule has 0 unspecified atom stereocenters. The lowest BCUT2D eigenvalue weighted by molar-refractivity contribution is -0.137. The van der Waals surface area contributed by atoms with Crippen molar-refractivity contribution in [2.45, 2.75) is 18.0 Å². The molecular weight excluding hydrogens is 447 g/mol. The summed E-state index contributed by atoms with van der Waals surface area (Å²) in [6, 6.07) is 5.72. The van der Waals surface area contributed by atoms with Crippen LogP contribution in [-0.2, 0) is 23.1 Å². The first-order valence-corrected chi connectivity index (χ1v) is 11.0. The molecule has 0 bridgehead atoms. The maximum atomic E-state index is 13.1. The molecule has 0 amide bonds. The fourth-order valence-electron chi connectivity index (χ4n) is 3.25. The topological polar surface area (TPSA) is 99.7 Å². The summed E-state index contributed by atoms with van der Waals surface area (Å²) in [6.07, 6.45) is -0.569. The summed E-state index contributed by atoms with van der Waals surface area (Å²) >= 11 is 0. The van der Waals surface area contributed by atoms with Crippen LogP contribution in [0.1, 0.15) is 12.5 Å². The van der Waals surface area contributed by atoms with Crippen LogP contribution in [0.15, 0.2) is 58.6 Å². The third kappa shape index (κ3) is 3.66. The summed E-state index contributed by atoms with van der Waals surface area (Å²) in [7, 11) is -2.21. The van der Waals surface area contributed by atoms with Crippen molar-refractivity contribution in [3.05, 3.63) is 64.8 Å². The number of hydrogen-bond donors (Lipinski definition) is 0. The minimum absolute atomic E-state index is 0.186. The van der Waals surface area contributed by atoms with Crippen LogP contribution in [0.25, 0.3) is 27.8 Å². The van der Waals surface area contributed by atoms with Crippen LogP contribution in [-0.4, -0.2) is 38.7 Å². The van der Waals surface area contributed by atoms with E-state index in [0.29, 0.717) is 22.0 Å². The number of nitrogens with zero attached hydrogens (tertiary/aromatic N) is 5. The molecule has 0 saturated heterocycles. The normalized spacial score (nSPS) is 12.4. The van der Waals surface area contributed by atoms with Crippen molar-refractivity contribution in [3.8, 4) is 17.1 Å². The lowest BCUT2D eigenvalue weighted by Gasteiger charge is -2.13. The molecule has 0 aliphatic carbocycles. The summed E-state index contributed by atoms with van der Waals surface area (Å²) in [6.45, 7) is 1.43. The van der Waals surface area contributed by atoms with Crippen molar-refractivity contribution in [2.24, 2.45) is 7.05 Å². The van der Waals surface area contributed by atoms with Gasteiger partial charge in [-0.05, 0) is 24.3 Å². The molecule has 4 rings (SSSR count). The molecule has 0 N–H and O–H groups in total. The van der Waals surface area contributed by atoms with Crippen LogP contribution < -0.4 is 5.56 Å². The van der Waals surface area contributed by atoms with Gasteiger partial charge in [0.1, 0.15) is 4.90 Å². The predicted octanol–water partition coefficient (Wildman–Crippen LogP) is 2.99. The average molecular weight is 463 g/mol. The van der Waals surface area contributed by atoms with E-state index in [1.54, 1.807) is 13.1 Å². The molecule has 0 saturated carbocycles. The van der Waals surface area contributed by atoms with Crippen molar-refractivity contribution >= 4 is 20.6 Å². The number of aromatic nitrogens is 5. The molecule has 4 aromatic rings. The fourth-order valence-corrected chi connectivity index (χ4v) is 4.28. The monoisotopic (exact) mass is 463 g/mol. The standard InChI is InChI=1S/C20H16F3N5O3S/c1-3-32(30,31)17-8-13(16-6-7-25-27(16)2)10-24-18(17)28-19(29)15-9-14(20(21,22)23)5-4-12(15)11-26-28/h4-11H,3H2,1-2H3. The van der Waals surface area contributed by atoms with E-state index in [1.807, 2.05) is 0 Å². The zero-order valence-corrected chi connectivity index (χ0v) is 17.6. The number of alkyl halides is 3. The Kier molecular flexibility index (Phi) is 5.12. The summed E-state index contributed by atoms with van der Waals surface area (Å²) in [5.74, 6) is -0.570. The van der Waals surface area contributed by atoms with Gasteiger partial charge in [0.2, 0.25) is 0 Å². The average Bonchev–Trinajstić information content (AvgIpc) is 3.19. The highest BCUT2D eigenvalue weighted by molar-refractivity contribution is 7.91. The van der Waals surface area contributed by atoms with Gasteiger partial charge in [0, 0.05) is 30.4 Å². The molecule has 166 valence electrons. The Balaban J connectivity index is 1.99. The first-order valence-electron chi connectivity index (χ1n) is 9.34. The van der Waals surface area contributed by atoms with Gasteiger partial charge in [0.25, 0.3) is 5.56 Å². The molecule has 12 heteroatoms. The maximum absolute atomic E-state index is 13.1. The zero-order chi connectivity index (χ0) is 23.3. The SMILES string of the molecule is CCS(=O)(=O)c1cc(-c2ccnn2C)cnc1-n1ncc2ccc(C(F)(F)F)cc2c1=O. The largest absolute Gasteiger partial charge is 0.416 e. The molecule has 0 aliphatic rings. The summed E-state index contributed by atoms with van der Waals surface area (Å²) < 4.78 is 67.2. The van der Waals surface area contributed by atoms with Gasteiger partial charge in [-0.1, -0.05) is 13.0 Å². The molecule has 0 aliphatic heterocycles. The second-order valence-electron chi connectivity index (χ2n) is 6.95. The van der Waals surface area contributed by atoms with Gasteiger partial charge >= 0.3 is 6.18 Å². The number of pyridine rings is 1. The Morgan fingerprint density at radius 2 is 1.81 bits per heavy atom. The van der Waals surface area contributed by atoms with E-state index in [-0.39, 0.29) is 27.2 Å². The molecule has 1 aromatic carbocycles. The Morgan fingerprint density at radius 3 is 2.44 bits per heavy atom. The first-order chi connectivity index (χ1) is 15.0. The number of fused-ring (bicyclic) bond motifs is 1. The predicted molar refractivity (Wildman–Crippen MR) is 110 cm³/mol.